The minimum Gasteiger partial charge on any atom is -0.397 e. The molecule has 1 aromatic carbocycles. The first-order chi connectivity index (χ1) is 10.1. The van der Waals surface area contributed by atoms with Gasteiger partial charge in [-0.3, -0.25) is 4.79 Å². The van der Waals surface area contributed by atoms with E-state index in [-0.39, 0.29) is 11.7 Å². The largest absolute Gasteiger partial charge is 0.397 e. The second kappa shape index (κ2) is 4.70. The Morgan fingerprint density at radius 3 is 2.67 bits per heavy atom. The van der Waals surface area contributed by atoms with Crippen LogP contribution in [0.4, 0.5) is 10.1 Å². The number of carbonyl (C=O) groups excluding carboxylic acids is 1. The molecule has 110 valence electrons. The zero-order valence-electron chi connectivity index (χ0n) is 11.6. The van der Waals surface area contributed by atoms with E-state index in [1.807, 2.05) is 11.0 Å². The van der Waals surface area contributed by atoms with Crippen LogP contribution in [0.25, 0.3) is 10.1 Å². The summed E-state index contributed by atoms with van der Waals surface area (Å²) in [5, 5.41) is 0.394. The van der Waals surface area contributed by atoms with E-state index in [1.165, 1.54) is 36.7 Å². The lowest BCUT2D eigenvalue weighted by molar-refractivity contribution is 0.0786. The molecular formula is C16H17FN2OS. The van der Waals surface area contributed by atoms with E-state index in [0.29, 0.717) is 27.8 Å². The third kappa shape index (κ3) is 1.94. The number of nitrogens with zero attached hydrogens (tertiary/aromatic N) is 1. The highest BCUT2D eigenvalue weighted by atomic mass is 32.1. The van der Waals surface area contributed by atoms with Gasteiger partial charge in [-0.1, -0.05) is 12.5 Å². The number of carbonyl (C=O) groups is 1. The molecule has 2 aromatic rings. The number of halogens is 1. The Balaban J connectivity index is 1.69. The molecule has 2 unspecified atom stereocenters. The summed E-state index contributed by atoms with van der Waals surface area (Å²) in [6.45, 7) is 1.67. The number of amides is 1. The summed E-state index contributed by atoms with van der Waals surface area (Å²) >= 11 is 1.30. The number of likely N-dealkylation sites (tertiary alicyclic amines) is 1. The van der Waals surface area contributed by atoms with Gasteiger partial charge in [0.15, 0.2) is 0 Å². The Kier molecular flexibility index (Phi) is 2.92. The lowest BCUT2D eigenvalue weighted by atomic mass is 10.0. The van der Waals surface area contributed by atoms with Gasteiger partial charge in [0, 0.05) is 17.8 Å². The molecule has 0 radical (unpaired) electrons. The maximum Gasteiger partial charge on any atom is 0.266 e. The molecule has 2 fully saturated rings. The van der Waals surface area contributed by atoms with E-state index in [2.05, 4.69) is 0 Å². The van der Waals surface area contributed by atoms with Crippen molar-refractivity contribution in [3.8, 4) is 0 Å². The van der Waals surface area contributed by atoms with Crippen LogP contribution in [-0.2, 0) is 0 Å². The fraction of sp³-hybridized carbons (Fsp3) is 0.438. The Morgan fingerprint density at radius 2 is 2.00 bits per heavy atom. The summed E-state index contributed by atoms with van der Waals surface area (Å²) in [6, 6.07) is 4.86. The number of benzene rings is 1. The number of rotatable bonds is 1. The zero-order valence-corrected chi connectivity index (χ0v) is 12.5. The molecule has 1 amide bonds. The molecule has 2 heterocycles. The van der Waals surface area contributed by atoms with Crippen molar-refractivity contribution in [3.05, 3.63) is 28.9 Å². The van der Waals surface area contributed by atoms with Crippen molar-refractivity contribution in [3.63, 3.8) is 0 Å². The predicted octanol–water partition coefficient (Wildman–Crippen LogP) is 3.49. The number of hydrogen-bond donors (Lipinski definition) is 1. The van der Waals surface area contributed by atoms with Gasteiger partial charge < -0.3 is 10.6 Å². The first kappa shape index (κ1) is 13.1. The molecule has 5 heteroatoms. The fourth-order valence-corrected chi connectivity index (χ4v) is 4.94. The highest BCUT2D eigenvalue weighted by Crippen LogP contribution is 2.41. The number of hydrogen-bond acceptors (Lipinski definition) is 3. The van der Waals surface area contributed by atoms with Gasteiger partial charge in [-0.2, -0.15) is 0 Å². The van der Waals surface area contributed by atoms with E-state index in [9.17, 15) is 9.18 Å². The lowest BCUT2D eigenvalue weighted by Gasteiger charge is -2.16. The van der Waals surface area contributed by atoms with Gasteiger partial charge in [-0.05, 0) is 36.8 Å². The first-order valence-electron chi connectivity index (χ1n) is 7.41. The summed E-state index contributed by atoms with van der Waals surface area (Å²) in [5.74, 6) is 0.934. The second-order valence-electron chi connectivity index (χ2n) is 6.12. The van der Waals surface area contributed by atoms with Crippen LogP contribution in [0.1, 0.15) is 28.9 Å². The Bertz CT molecular complexity index is 714. The molecule has 1 aliphatic carbocycles. The van der Waals surface area contributed by atoms with Gasteiger partial charge in [0.1, 0.15) is 10.7 Å². The zero-order chi connectivity index (χ0) is 14.6. The molecule has 3 nitrogen and oxygen atoms in total. The number of nitrogen functional groups attached to an aromatic ring is 1. The van der Waals surface area contributed by atoms with Crippen LogP contribution in [-0.4, -0.2) is 23.9 Å². The number of nitrogens with two attached hydrogens (primary N) is 1. The van der Waals surface area contributed by atoms with Crippen molar-refractivity contribution < 1.29 is 9.18 Å². The Morgan fingerprint density at radius 1 is 1.29 bits per heavy atom. The molecule has 2 aliphatic rings. The number of anilines is 1. The van der Waals surface area contributed by atoms with Gasteiger partial charge in [0.25, 0.3) is 5.91 Å². The summed E-state index contributed by atoms with van der Waals surface area (Å²) in [6.07, 6.45) is 3.74. The maximum atomic E-state index is 13.9. The van der Waals surface area contributed by atoms with E-state index < -0.39 is 0 Å². The Hall–Kier alpha value is -1.62. The monoisotopic (exact) mass is 304 g/mol. The topological polar surface area (TPSA) is 46.3 Å². The molecule has 1 saturated carbocycles. The minimum absolute atomic E-state index is 0.0255. The third-order valence-electron chi connectivity index (χ3n) is 4.91. The normalized spacial score (nSPS) is 24.7. The van der Waals surface area contributed by atoms with Crippen molar-refractivity contribution in [2.45, 2.75) is 19.3 Å². The van der Waals surface area contributed by atoms with Gasteiger partial charge >= 0.3 is 0 Å². The van der Waals surface area contributed by atoms with Crippen LogP contribution >= 0.6 is 11.3 Å². The first-order valence-corrected chi connectivity index (χ1v) is 8.22. The summed E-state index contributed by atoms with van der Waals surface area (Å²) in [7, 11) is 0. The van der Waals surface area contributed by atoms with Crippen molar-refractivity contribution >= 4 is 33.0 Å². The van der Waals surface area contributed by atoms with Crippen molar-refractivity contribution in [2.75, 3.05) is 18.8 Å². The van der Waals surface area contributed by atoms with Crippen LogP contribution in [0.2, 0.25) is 0 Å². The molecule has 0 bridgehead atoms. The summed E-state index contributed by atoms with van der Waals surface area (Å²) < 4.78 is 14.6. The summed E-state index contributed by atoms with van der Waals surface area (Å²) in [4.78, 5) is 15.1. The SMILES string of the molecule is Nc1c(C(=O)N2CC3CCCC3C2)sc2cccc(F)c12. The van der Waals surface area contributed by atoms with Crippen molar-refractivity contribution in [1.82, 2.24) is 4.90 Å². The minimum atomic E-state index is -0.349. The number of thiophene rings is 1. The average molecular weight is 304 g/mol. The average Bonchev–Trinajstić information content (AvgIpc) is 3.11. The van der Waals surface area contributed by atoms with Crippen LogP contribution in [0.5, 0.6) is 0 Å². The predicted molar refractivity (Wildman–Crippen MR) is 82.9 cm³/mol. The lowest BCUT2D eigenvalue weighted by Crippen LogP contribution is -2.29. The van der Waals surface area contributed by atoms with Crippen LogP contribution in [0.15, 0.2) is 18.2 Å². The van der Waals surface area contributed by atoms with Gasteiger partial charge in [-0.25, -0.2) is 4.39 Å². The van der Waals surface area contributed by atoms with E-state index in [1.54, 1.807) is 6.07 Å². The second-order valence-corrected chi connectivity index (χ2v) is 7.17. The molecule has 2 N–H and O–H groups in total. The van der Waals surface area contributed by atoms with Crippen LogP contribution in [0.3, 0.4) is 0 Å². The highest BCUT2D eigenvalue weighted by molar-refractivity contribution is 7.21. The van der Waals surface area contributed by atoms with E-state index >= 15 is 0 Å². The highest BCUT2D eigenvalue weighted by Gasteiger charge is 2.39. The van der Waals surface area contributed by atoms with Gasteiger partial charge in [0.2, 0.25) is 0 Å². The molecule has 21 heavy (non-hydrogen) atoms. The molecule has 0 spiro atoms. The van der Waals surface area contributed by atoms with E-state index in [0.717, 1.165) is 17.8 Å². The molecule has 1 aliphatic heterocycles. The maximum absolute atomic E-state index is 13.9. The molecule has 1 aromatic heterocycles. The standard InChI is InChI=1S/C16H17FN2OS/c17-11-5-2-6-12-13(11)14(18)15(21-12)16(20)19-7-9-3-1-4-10(9)8-19/h2,5-6,9-10H,1,3-4,7-8,18H2. The smallest absolute Gasteiger partial charge is 0.266 e. The quantitative estimate of drug-likeness (QED) is 0.876. The van der Waals surface area contributed by atoms with Gasteiger partial charge in [0.05, 0.1) is 11.1 Å². The van der Waals surface area contributed by atoms with Crippen LogP contribution in [0, 0.1) is 17.7 Å². The molecule has 2 atom stereocenters. The Labute approximate surface area is 126 Å². The number of fused-ring (bicyclic) bond motifs is 2. The third-order valence-corrected chi connectivity index (χ3v) is 6.07. The van der Waals surface area contributed by atoms with Crippen LogP contribution < -0.4 is 5.73 Å². The van der Waals surface area contributed by atoms with Gasteiger partial charge in [-0.15, -0.1) is 11.3 Å². The van der Waals surface area contributed by atoms with E-state index in [4.69, 9.17) is 5.73 Å². The van der Waals surface area contributed by atoms with Crippen molar-refractivity contribution in [1.29, 1.82) is 0 Å². The van der Waals surface area contributed by atoms with Crippen molar-refractivity contribution in [2.24, 2.45) is 11.8 Å². The molecular weight excluding hydrogens is 287 g/mol. The molecule has 1 saturated heterocycles. The summed E-state index contributed by atoms with van der Waals surface area (Å²) in [5.41, 5.74) is 6.35. The molecule has 4 rings (SSSR count). The fourth-order valence-electron chi connectivity index (χ4n) is 3.83.